The van der Waals surface area contributed by atoms with Gasteiger partial charge in [0.2, 0.25) is 10.0 Å². The van der Waals surface area contributed by atoms with Gasteiger partial charge in [0, 0.05) is 37.6 Å². The van der Waals surface area contributed by atoms with Crippen LogP contribution in [0.25, 0.3) is 11.1 Å². The molecule has 5 rings (SSSR count). The number of aromatic nitrogens is 3. The summed E-state index contributed by atoms with van der Waals surface area (Å²) >= 11 is 6.02. The number of nitrogens with one attached hydrogen (secondary N) is 1. The largest absolute Gasteiger partial charge is 0.417 e. The fourth-order valence-corrected chi connectivity index (χ4v) is 5.30. The number of sulfonamides is 1. The molecule has 3 heterocycles. The molecule has 12 heteroatoms. The molecule has 32 heavy (non-hydrogen) atoms. The molecular formula is C20H18ClN5O5S. The highest BCUT2D eigenvalue weighted by Crippen LogP contribution is 2.23. The number of oxazole rings is 1. The fraction of sp³-hybridized carbons (Fsp3) is 0.250. The molecule has 1 fully saturated rings. The molecule has 0 atom stereocenters. The Morgan fingerprint density at radius 3 is 2.69 bits per heavy atom. The van der Waals surface area contributed by atoms with E-state index in [0.29, 0.717) is 47.5 Å². The Balaban J connectivity index is 1.26. The molecule has 1 aliphatic rings. The van der Waals surface area contributed by atoms with Crippen LogP contribution in [0, 0.1) is 0 Å². The molecule has 0 spiro atoms. The molecule has 0 saturated carbocycles. The number of hydrogen-bond donors (Lipinski definition) is 1. The first kappa shape index (κ1) is 20.7. The van der Waals surface area contributed by atoms with E-state index in [4.69, 9.17) is 20.5 Å². The molecule has 0 unspecified atom stereocenters. The molecule has 166 valence electrons. The predicted molar refractivity (Wildman–Crippen MR) is 116 cm³/mol. The van der Waals surface area contributed by atoms with Gasteiger partial charge in [-0.25, -0.2) is 13.2 Å². The summed E-state index contributed by atoms with van der Waals surface area (Å²) in [6.07, 6.45) is 0.483. The molecule has 2 aromatic carbocycles. The van der Waals surface area contributed by atoms with Crippen molar-refractivity contribution in [2.75, 3.05) is 31.1 Å². The molecule has 4 aromatic rings. The Labute approximate surface area is 187 Å². The van der Waals surface area contributed by atoms with Crippen LogP contribution < -0.4 is 10.7 Å². The first-order valence-corrected chi connectivity index (χ1v) is 11.7. The minimum absolute atomic E-state index is 0.0945. The number of rotatable bonds is 5. The van der Waals surface area contributed by atoms with E-state index >= 15 is 0 Å². The summed E-state index contributed by atoms with van der Waals surface area (Å²) in [6, 6.07) is 12.1. The van der Waals surface area contributed by atoms with Crippen LogP contribution in [0.2, 0.25) is 5.02 Å². The second kappa shape index (κ2) is 8.08. The number of H-pyrrole nitrogens is 1. The second-order valence-electron chi connectivity index (χ2n) is 7.36. The van der Waals surface area contributed by atoms with Crippen molar-refractivity contribution in [3.63, 3.8) is 0 Å². The minimum Gasteiger partial charge on any atom is -0.408 e. The van der Waals surface area contributed by atoms with Crippen molar-refractivity contribution in [2.45, 2.75) is 11.3 Å². The number of aromatic amines is 1. The number of fused-ring (bicyclic) bond motifs is 1. The van der Waals surface area contributed by atoms with Crippen LogP contribution in [0.15, 0.2) is 61.1 Å². The molecule has 10 nitrogen and oxygen atoms in total. The van der Waals surface area contributed by atoms with Crippen LogP contribution in [0.3, 0.4) is 0 Å². The normalized spacial score (nSPS) is 15.5. The van der Waals surface area contributed by atoms with Crippen molar-refractivity contribution < 1.29 is 17.4 Å². The van der Waals surface area contributed by atoms with Gasteiger partial charge in [0.1, 0.15) is 0 Å². The maximum absolute atomic E-state index is 13.0. The molecule has 0 amide bonds. The zero-order valence-corrected chi connectivity index (χ0v) is 18.3. The monoisotopic (exact) mass is 475 g/mol. The zero-order valence-electron chi connectivity index (χ0n) is 16.7. The van der Waals surface area contributed by atoms with Gasteiger partial charge in [-0.15, -0.1) is 0 Å². The second-order valence-corrected chi connectivity index (χ2v) is 9.74. The van der Waals surface area contributed by atoms with Crippen LogP contribution in [0.5, 0.6) is 0 Å². The van der Waals surface area contributed by atoms with Crippen LogP contribution in [0.1, 0.15) is 11.4 Å². The molecule has 0 bridgehead atoms. The van der Waals surface area contributed by atoms with Crippen molar-refractivity contribution in [3.8, 4) is 0 Å². The van der Waals surface area contributed by atoms with Gasteiger partial charge in [0.25, 0.3) is 0 Å². The van der Waals surface area contributed by atoms with E-state index in [-0.39, 0.29) is 18.0 Å². The highest BCUT2D eigenvalue weighted by Gasteiger charge is 2.30. The summed E-state index contributed by atoms with van der Waals surface area (Å²) in [5.74, 6) is -0.0998. The van der Waals surface area contributed by atoms with Crippen molar-refractivity contribution in [3.05, 3.63) is 69.4 Å². The van der Waals surface area contributed by atoms with Gasteiger partial charge in [0.05, 0.1) is 10.4 Å². The Morgan fingerprint density at radius 1 is 1.09 bits per heavy atom. The van der Waals surface area contributed by atoms with Gasteiger partial charge in [0.15, 0.2) is 11.4 Å². The van der Waals surface area contributed by atoms with E-state index in [9.17, 15) is 13.2 Å². The third kappa shape index (κ3) is 4.01. The molecule has 2 aromatic heterocycles. The highest BCUT2D eigenvalue weighted by molar-refractivity contribution is 7.89. The Hall–Kier alpha value is -3.15. The van der Waals surface area contributed by atoms with Crippen molar-refractivity contribution in [2.24, 2.45) is 0 Å². The average Bonchev–Trinajstić information content (AvgIpc) is 3.39. The molecule has 0 aliphatic carbocycles. The summed E-state index contributed by atoms with van der Waals surface area (Å²) in [5, 5.41) is 4.66. The SMILES string of the molecule is O=c1[nH]c2cc(S(=O)(=O)N3CCN(c4nc(Cc5cccc(Cl)c5)no4)CC3)ccc2o1. The molecule has 1 aliphatic heterocycles. The Morgan fingerprint density at radius 2 is 1.91 bits per heavy atom. The van der Waals surface area contributed by atoms with E-state index < -0.39 is 15.8 Å². The van der Waals surface area contributed by atoms with E-state index in [0.717, 1.165) is 5.56 Å². The maximum atomic E-state index is 13.0. The summed E-state index contributed by atoms with van der Waals surface area (Å²) < 4.78 is 37.8. The topological polar surface area (TPSA) is 126 Å². The predicted octanol–water partition coefficient (Wildman–Crippen LogP) is 2.26. The van der Waals surface area contributed by atoms with Gasteiger partial charge in [-0.1, -0.05) is 28.9 Å². The number of hydrogen-bond acceptors (Lipinski definition) is 8. The maximum Gasteiger partial charge on any atom is 0.417 e. The first-order chi connectivity index (χ1) is 15.4. The van der Waals surface area contributed by atoms with E-state index in [1.165, 1.54) is 22.5 Å². The van der Waals surface area contributed by atoms with E-state index in [1.807, 2.05) is 23.1 Å². The standard InChI is InChI=1S/C20H18ClN5O5S/c21-14-3-1-2-13(10-14)11-18-23-19(31-24-18)25-6-8-26(9-7-25)32(28,29)15-4-5-17-16(12-15)22-20(27)30-17/h1-5,10,12H,6-9,11H2,(H,22,27). The van der Waals surface area contributed by atoms with Crippen molar-refractivity contribution in [1.82, 2.24) is 19.4 Å². The lowest BCUT2D eigenvalue weighted by molar-refractivity contribution is 0.353. The Bertz CT molecular complexity index is 1440. The van der Waals surface area contributed by atoms with Crippen molar-refractivity contribution in [1.29, 1.82) is 0 Å². The number of piperazine rings is 1. The summed E-state index contributed by atoms with van der Waals surface area (Å²) in [5.41, 5.74) is 1.62. The van der Waals surface area contributed by atoms with E-state index in [2.05, 4.69) is 15.1 Å². The summed E-state index contributed by atoms with van der Waals surface area (Å²) in [6.45, 7) is 1.33. The highest BCUT2D eigenvalue weighted by atomic mass is 35.5. The van der Waals surface area contributed by atoms with Gasteiger partial charge in [-0.2, -0.15) is 9.29 Å². The van der Waals surface area contributed by atoms with Crippen LogP contribution in [0.4, 0.5) is 6.01 Å². The minimum atomic E-state index is -3.73. The number of anilines is 1. The van der Waals surface area contributed by atoms with Crippen LogP contribution in [-0.2, 0) is 16.4 Å². The summed E-state index contributed by atoms with van der Waals surface area (Å²) in [4.78, 5) is 20.2. The van der Waals surface area contributed by atoms with Gasteiger partial charge < -0.3 is 13.8 Å². The van der Waals surface area contributed by atoms with Crippen molar-refractivity contribution >= 4 is 38.7 Å². The molecule has 0 radical (unpaired) electrons. The fourth-order valence-electron chi connectivity index (χ4n) is 3.63. The smallest absolute Gasteiger partial charge is 0.408 e. The number of benzene rings is 2. The molecule has 1 N–H and O–H groups in total. The first-order valence-electron chi connectivity index (χ1n) is 9.83. The zero-order chi connectivity index (χ0) is 22.3. The van der Waals surface area contributed by atoms with Gasteiger partial charge in [-0.3, -0.25) is 4.98 Å². The van der Waals surface area contributed by atoms with Gasteiger partial charge in [-0.05, 0) is 35.9 Å². The molecule has 1 saturated heterocycles. The van der Waals surface area contributed by atoms with Crippen LogP contribution >= 0.6 is 11.6 Å². The quantitative estimate of drug-likeness (QED) is 0.466. The van der Waals surface area contributed by atoms with E-state index in [1.54, 1.807) is 6.07 Å². The third-order valence-corrected chi connectivity index (χ3v) is 7.38. The third-order valence-electron chi connectivity index (χ3n) is 5.25. The summed E-state index contributed by atoms with van der Waals surface area (Å²) in [7, 11) is -3.73. The lowest BCUT2D eigenvalue weighted by Crippen LogP contribution is -2.48. The Kier molecular flexibility index (Phi) is 5.24. The lowest BCUT2D eigenvalue weighted by atomic mass is 10.1. The number of halogens is 1. The molecular weight excluding hydrogens is 458 g/mol. The number of nitrogens with zero attached hydrogens (tertiary/aromatic N) is 4. The lowest BCUT2D eigenvalue weighted by Gasteiger charge is -2.32. The van der Waals surface area contributed by atoms with Gasteiger partial charge >= 0.3 is 11.8 Å². The average molecular weight is 476 g/mol. The van der Waals surface area contributed by atoms with Crippen LogP contribution in [-0.4, -0.2) is 54.0 Å².